The van der Waals surface area contributed by atoms with Gasteiger partial charge in [0.15, 0.2) is 11.6 Å². The molecule has 2 amide bonds. The van der Waals surface area contributed by atoms with Crippen LogP contribution in [0.1, 0.15) is 15.9 Å². The molecule has 0 unspecified atom stereocenters. The highest BCUT2D eigenvalue weighted by Gasteiger charge is 2.16. The molecule has 2 aromatic carbocycles. The Morgan fingerprint density at radius 1 is 1.05 bits per heavy atom. The molecule has 0 saturated carbocycles. The summed E-state index contributed by atoms with van der Waals surface area (Å²) in [6.45, 7) is 0.207. The summed E-state index contributed by atoms with van der Waals surface area (Å²) >= 11 is 0. The van der Waals surface area contributed by atoms with Gasteiger partial charge in [0.05, 0.1) is 11.3 Å². The van der Waals surface area contributed by atoms with Crippen LogP contribution in [-0.4, -0.2) is 17.1 Å². The van der Waals surface area contributed by atoms with E-state index in [1.54, 1.807) is 24.3 Å². The number of benzene rings is 2. The third kappa shape index (κ3) is 3.78. The summed E-state index contributed by atoms with van der Waals surface area (Å²) in [6.07, 6.45) is 0. The number of nitrogens with one attached hydrogen (secondary N) is 2. The highest BCUT2D eigenvalue weighted by atomic mass is 19.2. The van der Waals surface area contributed by atoms with Gasteiger partial charge in [-0.25, -0.2) is 18.4 Å². The Hall–Kier alpha value is -2.96. The summed E-state index contributed by atoms with van der Waals surface area (Å²) < 4.78 is 26.2. The summed E-state index contributed by atoms with van der Waals surface area (Å²) in [6, 6.07) is 9.42. The van der Waals surface area contributed by atoms with Gasteiger partial charge in [0.25, 0.3) is 0 Å². The Morgan fingerprint density at radius 3 is 2.32 bits per heavy atom. The molecule has 5 nitrogen and oxygen atoms in total. The second kappa shape index (κ2) is 6.66. The van der Waals surface area contributed by atoms with Gasteiger partial charge in [0, 0.05) is 12.6 Å². The SMILES string of the molecule is O=C(NCc1ccccc1)Nc1cc(F)c(F)cc1C(=O)O. The van der Waals surface area contributed by atoms with Gasteiger partial charge in [-0.1, -0.05) is 30.3 Å². The van der Waals surface area contributed by atoms with Crippen molar-refractivity contribution < 1.29 is 23.5 Å². The molecule has 2 aromatic rings. The number of hydrogen-bond acceptors (Lipinski definition) is 2. The highest BCUT2D eigenvalue weighted by Crippen LogP contribution is 2.20. The van der Waals surface area contributed by atoms with E-state index in [9.17, 15) is 18.4 Å². The first-order valence-electron chi connectivity index (χ1n) is 6.28. The molecule has 0 aliphatic carbocycles. The van der Waals surface area contributed by atoms with E-state index < -0.39 is 29.2 Å². The van der Waals surface area contributed by atoms with E-state index in [0.29, 0.717) is 12.1 Å². The van der Waals surface area contributed by atoms with Crippen molar-refractivity contribution >= 4 is 17.7 Å². The smallest absolute Gasteiger partial charge is 0.337 e. The van der Waals surface area contributed by atoms with Gasteiger partial charge < -0.3 is 15.7 Å². The lowest BCUT2D eigenvalue weighted by Gasteiger charge is -2.10. The number of carbonyl (C=O) groups excluding carboxylic acids is 1. The normalized spacial score (nSPS) is 10.1. The molecule has 22 heavy (non-hydrogen) atoms. The number of anilines is 1. The predicted molar refractivity (Wildman–Crippen MR) is 75.6 cm³/mol. The van der Waals surface area contributed by atoms with Crippen molar-refractivity contribution in [3.05, 3.63) is 65.2 Å². The zero-order valence-corrected chi connectivity index (χ0v) is 11.3. The van der Waals surface area contributed by atoms with E-state index in [-0.39, 0.29) is 12.2 Å². The van der Waals surface area contributed by atoms with Crippen LogP contribution in [0.3, 0.4) is 0 Å². The van der Waals surface area contributed by atoms with Gasteiger partial charge in [-0.05, 0) is 11.6 Å². The van der Waals surface area contributed by atoms with E-state index >= 15 is 0 Å². The van der Waals surface area contributed by atoms with Gasteiger partial charge in [-0.15, -0.1) is 0 Å². The Bertz CT molecular complexity index is 705. The van der Waals surface area contributed by atoms with E-state index in [2.05, 4.69) is 10.6 Å². The maximum Gasteiger partial charge on any atom is 0.337 e. The fraction of sp³-hybridized carbons (Fsp3) is 0.0667. The van der Waals surface area contributed by atoms with Gasteiger partial charge in [-0.2, -0.15) is 0 Å². The Balaban J connectivity index is 2.08. The van der Waals surface area contributed by atoms with Crippen molar-refractivity contribution in [2.75, 3.05) is 5.32 Å². The molecule has 0 aromatic heterocycles. The third-order valence-corrected chi connectivity index (χ3v) is 2.83. The van der Waals surface area contributed by atoms with Crippen molar-refractivity contribution in [2.24, 2.45) is 0 Å². The Labute approximate surface area is 124 Å². The van der Waals surface area contributed by atoms with E-state index in [1.165, 1.54) is 0 Å². The average Bonchev–Trinajstić information content (AvgIpc) is 2.49. The lowest BCUT2D eigenvalue weighted by atomic mass is 10.1. The lowest BCUT2D eigenvalue weighted by Crippen LogP contribution is -2.29. The number of carbonyl (C=O) groups is 2. The first kappa shape index (κ1) is 15.4. The number of carboxylic acid groups (broad SMARTS) is 1. The van der Waals surface area contributed by atoms with Crippen LogP contribution in [0.25, 0.3) is 0 Å². The fourth-order valence-corrected chi connectivity index (χ4v) is 1.77. The Morgan fingerprint density at radius 2 is 1.68 bits per heavy atom. The van der Waals surface area contributed by atoms with E-state index in [1.807, 2.05) is 6.07 Å². The minimum Gasteiger partial charge on any atom is -0.478 e. The number of halogens is 2. The molecular formula is C15H12F2N2O3. The number of carboxylic acids is 1. The summed E-state index contributed by atoms with van der Waals surface area (Å²) in [5.41, 5.74) is -0.0212. The maximum atomic E-state index is 13.2. The van der Waals surface area contributed by atoms with Crippen molar-refractivity contribution in [1.29, 1.82) is 0 Å². The topological polar surface area (TPSA) is 78.4 Å². The van der Waals surface area contributed by atoms with Crippen molar-refractivity contribution in [3.63, 3.8) is 0 Å². The van der Waals surface area contributed by atoms with Crippen molar-refractivity contribution in [3.8, 4) is 0 Å². The first-order valence-corrected chi connectivity index (χ1v) is 6.28. The number of urea groups is 1. The largest absolute Gasteiger partial charge is 0.478 e. The van der Waals surface area contributed by atoms with Gasteiger partial charge in [0.2, 0.25) is 0 Å². The quantitative estimate of drug-likeness (QED) is 0.812. The first-order chi connectivity index (χ1) is 10.5. The van der Waals surface area contributed by atoms with Crippen LogP contribution in [-0.2, 0) is 6.54 Å². The number of rotatable bonds is 4. The maximum absolute atomic E-state index is 13.2. The fourth-order valence-electron chi connectivity index (χ4n) is 1.77. The molecule has 0 aliphatic rings. The minimum atomic E-state index is -1.47. The molecule has 0 fully saturated rings. The summed E-state index contributed by atoms with van der Waals surface area (Å²) in [5.74, 6) is -4.02. The number of amides is 2. The molecule has 7 heteroatoms. The molecule has 0 heterocycles. The van der Waals surface area contributed by atoms with E-state index in [4.69, 9.17) is 5.11 Å². The van der Waals surface area contributed by atoms with Crippen LogP contribution in [0.5, 0.6) is 0 Å². The second-order valence-corrected chi connectivity index (χ2v) is 4.41. The van der Waals surface area contributed by atoms with Crippen LogP contribution >= 0.6 is 0 Å². The second-order valence-electron chi connectivity index (χ2n) is 4.41. The molecule has 0 aliphatic heterocycles. The lowest BCUT2D eigenvalue weighted by molar-refractivity contribution is 0.0697. The van der Waals surface area contributed by atoms with Gasteiger partial charge >= 0.3 is 12.0 Å². The van der Waals surface area contributed by atoms with Crippen LogP contribution in [0.4, 0.5) is 19.3 Å². The summed E-state index contributed by atoms with van der Waals surface area (Å²) in [7, 11) is 0. The number of aromatic carboxylic acids is 1. The van der Waals surface area contributed by atoms with Crippen molar-refractivity contribution in [1.82, 2.24) is 5.32 Å². The molecular weight excluding hydrogens is 294 g/mol. The molecule has 0 spiro atoms. The monoisotopic (exact) mass is 306 g/mol. The van der Waals surface area contributed by atoms with Crippen molar-refractivity contribution in [2.45, 2.75) is 6.54 Å². The standard InChI is InChI=1S/C15H12F2N2O3/c16-11-6-10(14(20)21)13(7-12(11)17)19-15(22)18-8-9-4-2-1-3-5-9/h1-7H,8H2,(H,20,21)(H2,18,19,22). The van der Waals surface area contributed by atoms with Crippen LogP contribution in [0.2, 0.25) is 0 Å². The molecule has 3 N–H and O–H groups in total. The van der Waals surface area contributed by atoms with Crippen LogP contribution < -0.4 is 10.6 Å². The molecule has 0 saturated heterocycles. The average molecular weight is 306 g/mol. The predicted octanol–water partition coefficient (Wildman–Crippen LogP) is 2.98. The molecule has 0 radical (unpaired) electrons. The molecule has 0 bridgehead atoms. The molecule has 114 valence electrons. The minimum absolute atomic E-state index is 0.207. The molecule has 0 atom stereocenters. The van der Waals surface area contributed by atoms with Gasteiger partial charge in [-0.3, -0.25) is 0 Å². The highest BCUT2D eigenvalue weighted by molar-refractivity contribution is 6.00. The zero-order valence-electron chi connectivity index (χ0n) is 11.3. The molecule has 2 rings (SSSR count). The van der Waals surface area contributed by atoms with E-state index in [0.717, 1.165) is 5.56 Å². The summed E-state index contributed by atoms with van der Waals surface area (Å²) in [4.78, 5) is 22.7. The van der Waals surface area contributed by atoms with Crippen LogP contribution in [0.15, 0.2) is 42.5 Å². The van der Waals surface area contributed by atoms with Crippen LogP contribution in [0, 0.1) is 11.6 Å². The Kier molecular flexibility index (Phi) is 4.67. The van der Waals surface area contributed by atoms with Gasteiger partial charge in [0.1, 0.15) is 0 Å². The third-order valence-electron chi connectivity index (χ3n) is 2.83. The number of hydrogen-bond donors (Lipinski definition) is 3. The zero-order chi connectivity index (χ0) is 16.1. The summed E-state index contributed by atoms with van der Waals surface area (Å²) in [5, 5.41) is 13.6.